The minimum Gasteiger partial charge on any atom is -0.377 e. The molecule has 8 heteroatoms. The molecule has 0 fully saturated rings. The highest BCUT2D eigenvalue weighted by Gasteiger charge is 2.22. The second-order valence-corrected chi connectivity index (χ2v) is 7.39. The largest absolute Gasteiger partial charge is 0.377 e. The summed E-state index contributed by atoms with van der Waals surface area (Å²) in [6, 6.07) is 15.3. The fourth-order valence-electron chi connectivity index (χ4n) is 3.76. The van der Waals surface area contributed by atoms with Crippen molar-refractivity contribution in [1.82, 2.24) is 15.1 Å². The van der Waals surface area contributed by atoms with E-state index in [9.17, 15) is 4.79 Å². The van der Waals surface area contributed by atoms with Crippen LogP contribution >= 0.6 is 0 Å². The van der Waals surface area contributed by atoms with Crippen LogP contribution in [0.15, 0.2) is 53.1 Å². The number of nitrogens with one attached hydrogen (secondary N) is 1. The van der Waals surface area contributed by atoms with Crippen LogP contribution in [0.3, 0.4) is 0 Å². The molecule has 0 spiro atoms. The minimum atomic E-state index is -0.571. The molecule has 0 aliphatic carbocycles. The van der Waals surface area contributed by atoms with Gasteiger partial charge in [0.05, 0.1) is 23.3 Å². The van der Waals surface area contributed by atoms with E-state index in [0.717, 1.165) is 29.7 Å². The molecular weight excluding hydrogens is 394 g/mol. The van der Waals surface area contributed by atoms with E-state index in [2.05, 4.69) is 22.6 Å². The van der Waals surface area contributed by atoms with Crippen molar-refractivity contribution in [1.29, 1.82) is 0 Å². The molecule has 1 aliphatic rings. The second kappa shape index (κ2) is 8.16. The molecule has 3 N–H and O–H groups in total. The van der Waals surface area contributed by atoms with Gasteiger partial charge in [0.15, 0.2) is 17.1 Å². The van der Waals surface area contributed by atoms with Crippen molar-refractivity contribution in [2.24, 2.45) is 5.73 Å². The molecule has 4 aromatic rings. The summed E-state index contributed by atoms with van der Waals surface area (Å²) in [5.74, 6) is 0.586. The number of hydrogen-bond donors (Lipinski definition) is 2. The van der Waals surface area contributed by atoms with Crippen molar-refractivity contribution in [2.75, 3.05) is 11.9 Å². The average molecular weight is 415 g/mol. The lowest BCUT2D eigenvalue weighted by Crippen LogP contribution is -2.11. The lowest BCUT2D eigenvalue weighted by molar-refractivity contribution is 0.100. The molecule has 5 rings (SSSR count). The molecular formula is C23H21N5O3. The maximum absolute atomic E-state index is 11.7. The predicted octanol–water partition coefficient (Wildman–Crippen LogP) is 3.46. The molecule has 0 radical (unpaired) electrons. The van der Waals surface area contributed by atoms with Crippen molar-refractivity contribution >= 4 is 22.7 Å². The van der Waals surface area contributed by atoms with Gasteiger partial charge in [0.2, 0.25) is 0 Å². The van der Waals surface area contributed by atoms with Crippen molar-refractivity contribution in [3.8, 4) is 11.5 Å². The number of nitrogens with zero attached hydrogens (tertiary/aromatic N) is 3. The number of fused-ring (bicyclic) bond motifs is 2. The van der Waals surface area contributed by atoms with Crippen LogP contribution in [-0.2, 0) is 24.3 Å². The number of amides is 1. The van der Waals surface area contributed by atoms with Crippen LogP contribution in [0.5, 0.6) is 0 Å². The smallest absolute Gasteiger partial charge is 0.252 e. The van der Waals surface area contributed by atoms with Crippen molar-refractivity contribution in [3.05, 3.63) is 70.9 Å². The molecule has 0 unspecified atom stereocenters. The van der Waals surface area contributed by atoms with E-state index in [0.29, 0.717) is 48.1 Å². The number of rotatable bonds is 5. The Morgan fingerprint density at radius 1 is 1.10 bits per heavy atom. The average Bonchev–Trinajstić information content (AvgIpc) is 3.08. The summed E-state index contributed by atoms with van der Waals surface area (Å²) in [5, 5.41) is 8.26. The Balaban J connectivity index is 1.59. The summed E-state index contributed by atoms with van der Waals surface area (Å²) < 4.78 is 11.2. The number of ether oxygens (including phenoxy) is 1. The molecule has 3 heterocycles. The van der Waals surface area contributed by atoms with E-state index >= 15 is 0 Å². The van der Waals surface area contributed by atoms with Gasteiger partial charge >= 0.3 is 0 Å². The molecule has 1 amide bonds. The Hall–Kier alpha value is -3.78. The molecule has 0 saturated heterocycles. The number of carbonyl (C=O) groups is 1. The summed E-state index contributed by atoms with van der Waals surface area (Å²) in [5.41, 5.74) is 9.61. The van der Waals surface area contributed by atoms with Crippen molar-refractivity contribution < 1.29 is 14.1 Å². The Morgan fingerprint density at radius 2 is 1.97 bits per heavy atom. The third-order valence-corrected chi connectivity index (χ3v) is 5.32. The number of aromatic nitrogens is 3. The lowest BCUT2D eigenvalue weighted by atomic mass is 10.1. The molecule has 2 aromatic heterocycles. The van der Waals surface area contributed by atoms with Crippen LogP contribution in [0, 0.1) is 0 Å². The van der Waals surface area contributed by atoms with E-state index in [1.807, 2.05) is 24.3 Å². The van der Waals surface area contributed by atoms with Gasteiger partial charge in [-0.2, -0.15) is 0 Å². The van der Waals surface area contributed by atoms with Crippen LogP contribution in [0.4, 0.5) is 5.82 Å². The van der Waals surface area contributed by atoms with Crippen LogP contribution in [0.25, 0.3) is 22.5 Å². The Morgan fingerprint density at radius 3 is 2.81 bits per heavy atom. The minimum absolute atomic E-state index is 0.279. The number of para-hydroxylation sites is 1. The molecule has 8 nitrogen and oxygen atoms in total. The highest BCUT2D eigenvalue weighted by molar-refractivity contribution is 6.06. The van der Waals surface area contributed by atoms with Gasteiger partial charge in [-0.3, -0.25) is 4.79 Å². The third kappa shape index (κ3) is 3.73. The van der Waals surface area contributed by atoms with E-state index in [-0.39, 0.29) is 5.56 Å². The topological polar surface area (TPSA) is 116 Å². The van der Waals surface area contributed by atoms with E-state index in [4.69, 9.17) is 25.0 Å². The molecule has 0 bridgehead atoms. The van der Waals surface area contributed by atoms with Gasteiger partial charge < -0.3 is 20.3 Å². The lowest BCUT2D eigenvalue weighted by Gasteiger charge is -2.14. The van der Waals surface area contributed by atoms with E-state index in [1.54, 1.807) is 12.1 Å². The van der Waals surface area contributed by atoms with Crippen molar-refractivity contribution in [2.45, 2.75) is 26.0 Å². The van der Waals surface area contributed by atoms with E-state index in [1.165, 1.54) is 0 Å². The fourth-order valence-corrected chi connectivity index (χ4v) is 3.76. The maximum Gasteiger partial charge on any atom is 0.252 e. The summed E-state index contributed by atoms with van der Waals surface area (Å²) >= 11 is 0. The highest BCUT2D eigenvalue weighted by Crippen LogP contribution is 2.31. The van der Waals surface area contributed by atoms with Gasteiger partial charge in [-0.1, -0.05) is 41.6 Å². The SMILES string of the molecule is NC(=O)c1cccc2c(-c3nc4c(c(NCc5ccccc5)n3)COCCC4)noc12. The molecule has 156 valence electrons. The summed E-state index contributed by atoms with van der Waals surface area (Å²) in [4.78, 5) is 21.3. The number of nitrogens with two attached hydrogens (primary N) is 1. The van der Waals surface area contributed by atoms with Crippen LogP contribution in [-0.4, -0.2) is 27.6 Å². The molecule has 1 aliphatic heterocycles. The second-order valence-electron chi connectivity index (χ2n) is 7.39. The third-order valence-electron chi connectivity index (χ3n) is 5.32. The number of hydrogen-bond acceptors (Lipinski definition) is 7. The van der Waals surface area contributed by atoms with Crippen LogP contribution in [0.2, 0.25) is 0 Å². The first-order valence-electron chi connectivity index (χ1n) is 10.1. The van der Waals surface area contributed by atoms with E-state index < -0.39 is 5.91 Å². The monoisotopic (exact) mass is 415 g/mol. The Bertz CT molecular complexity index is 1250. The van der Waals surface area contributed by atoms with Gasteiger partial charge in [0.1, 0.15) is 5.82 Å². The van der Waals surface area contributed by atoms with Gasteiger partial charge in [0, 0.05) is 18.7 Å². The van der Waals surface area contributed by atoms with Gasteiger partial charge in [-0.15, -0.1) is 0 Å². The maximum atomic E-state index is 11.7. The quantitative estimate of drug-likeness (QED) is 0.513. The molecule has 31 heavy (non-hydrogen) atoms. The standard InChI is InChI=1S/C23H21N5O3/c24-21(29)16-9-4-8-15-19(28-31-20(15)16)23-26-18-10-5-11-30-13-17(18)22(27-23)25-12-14-6-2-1-3-7-14/h1-4,6-9H,5,10-13H2,(H2,24,29)(H,25,26,27). The number of carbonyl (C=O) groups excluding carboxylic acids is 1. The summed E-state index contributed by atoms with van der Waals surface area (Å²) in [6.07, 6.45) is 1.67. The van der Waals surface area contributed by atoms with Crippen molar-refractivity contribution in [3.63, 3.8) is 0 Å². The summed E-state index contributed by atoms with van der Waals surface area (Å²) in [6.45, 7) is 1.76. The van der Waals surface area contributed by atoms with Gasteiger partial charge in [-0.25, -0.2) is 9.97 Å². The van der Waals surface area contributed by atoms with Gasteiger partial charge in [-0.05, 0) is 30.5 Å². The van der Waals surface area contributed by atoms with Crippen LogP contribution in [0.1, 0.15) is 33.6 Å². The first-order chi connectivity index (χ1) is 15.2. The zero-order valence-electron chi connectivity index (χ0n) is 16.8. The fraction of sp³-hybridized carbons (Fsp3) is 0.217. The highest BCUT2D eigenvalue weighted by atomic mass is 16.5. The zero-order valence-corrected chi connectivity index (χ0v) is 16.8. The normalized spacial score (nSPS) is 13.5. The Kier molecular flexibility index (Phi) is 5.05. The molecule has 2 aromatic carbocycles. The predicted molar refractivity (Wildman–Crippen MR) is 115 cm³/mol. The molecule has 0 saturated carbocycles. The number of primary amides is 1. The first-order valence-corrected chi connectivity index (χ1v) is 10.1. The molecule has 0 atom stereocenters. The number of anilines is 1. The first kappa shape index (κ1) is 19.2. The Labute approximate surface area is 178 Å². The van der Waals surface area contributed by atoms with Gasteiger partial charge in [0.25, 0.3) is 5.91 Å². The zero-order chi connectivity index (χ0) is 21.2. The number of benzene rings is 2. The van der Waals surface area contributed by atoms with Crippen LogP contribution < -0.4 is 11.1 Å². The number of aryl methyl sites for hydroxylation is 1. The summed E-state index contributed by atoms with van der Waals surface area (Å²) in [7, 11) is 0.